The molecule has 0 aliphatic carbocycles. The molecule has 0 atom stereocenters. The molecular weight excluding hydrogens is 693 g/mol. The zero-order valence-electron chi connectivity index (χ0n) is 31.2. The minimum absolute atomic E-state index is 0.00346. The maximum absolute atomic E-state index is 13.8. The SMILES string of the molecule is COc1cnc2ccc(=O)n(CCN3CCC(N)CC3)c2c1.COc1cnc2ccc(=O)n(CCN3CCC(NCc4cnc(OC)c(F)c4)CC3)c2c1. The molecule has 54 heavy (non-hydrogen) atoms. The third-order valence-electron chi connectivity index (χ3n) is 10.2. The summed E-state index contributed by atoms with van der Waals surface area (Å²) in [7, 11) is 4.60. The van der Waals surface area contributed by atoms with E-state index in [2.05, 4.69) is 30.1 Å². The average molecular weight is 744 g/mol. The number of hydrogen-bond acceptors (Lipinski definition) is 12. The molecule has 0 bridgehead atoms. The predicted molar refractivity (Wildman–Crippen MR) is 206 cm³/mol. The maximum atomic E-state index is 13.8. The van der Waals surface area contributed by atoms with Gasteiger partial charge in [0.1, 0.15) is 11.5 Å². The summed E-state index contributed by atoms with van der Waals surface area (Å²) in [6.45, 7) is 7.34. The van der Waals surface area contributed by atoms with Crippen molar-refractivity contribution >= 4 is 22.1 Å². The Kier molecular flexibility index (Phi) is 13.2. The number of methoxy groups -OCH3 is 3. The van der Waals surface area contributed by atoms with Gasteiger partial charge in [0.25, 0.3) is 11.1 Å². The number of nitrogens with one attached hydrogen (secondary N) is 1. The summed E-state index contributed by atoms with van der Waals surface area (Å²) in [5.41, 5.74) is 9.87. The molecule has 3 N–H and O–H groups in total. The number of fused-ring (bicyclic) bond motifs is 2. The highest BCUT2D eigenvalue weighted by atomic mass is 19.1. The van der Waals surface area contributed by atoms with Gasteiger partial charge in [-0.3, -0.25) is 19.6 Å². The van der Waals surface area contributed by atoms with Crippen LogP contribution >= 0.6 is 0 Å². The van der Waals surface area contributed by atoms with Crippen molar-refractivity contribution in [3.8, 4) is 17.4 Å². The van der Waals surface area contributed by atoms with Gasteiger partial charge in [-0.05, 0) is 75.6 Å². The van der Waals surface area contributed by atoms with Crippen molar-refractivity contribution in [3.05, 3.63) is 93.1 Å². The first kappa shape index (κ1) is 38.8. The van der Waals surface area contributed by atoms with Gasteiger partial charge in [0.15, 0.2) is 5.82 Å². The van der Waals surface area contributed by atoms with Crippen molar-refractivity contribution in [2.24, 2.45) is 5.73 Å². The smallest absolute Gasteiger partial charge is 0.251 e. The van der Waals surface area contributed by atoms with Crippen LogP contribution in [0.5, 0.6) is 17.4 Å². The average Bonchev–Trinajstić information content (AvgIpc) is 3.20. The van der Waals surface area contributed by atoms with Crippen LogP contribution in [0.4, 0.5) is 4.39 Å². The van der Waals surface area contributed by atoms with Gasteiger partial charge in [-0.25, -0.2) is 9.37 Å². The van der Waals surface area contributed by atoms with Crippen molar-refractivity contribution in [3.63, 3.8) is 0 Å². The number of nitrogens with two attached hydrogens (primary N) is 1. The summed E-state index contributed by atoms with van der Waals surface area (Å²) < 4.78 is 32.7. The molecule has 0 unspecified atom stereocenters. The minimum Gasteiger partial charge on any atom is -0.495 e. The number of halogens is 1. The number of rotatable bonds is 12. The van der Waals surface area contributed by atoms with Gasteiger partial charge in [-0.1, -0.05) is 0 Å². The largest absolute Gasteiger partial charge is 0.495 e. The molecule has 0 spiro atoms. The zero-order valence-corrected chi connectivity index (χ0v) is 31.2. The lowest BCUT2D eigenvalue weighted by atomic mass is 10.0. The van der Waals surface area contributed by atoms with Gasteiger partial charge in [0.2, 0.25) is 5.88 Å². The molecule has 0 saturated carbocycles. The first-order valence-corrected chi connectivity index (χ1v) is 18.4. The standard InChI is InChI=1S/C23H28FN5O3.C16H22N4O2/c1-31-18-12-21-20(26-15-18)3-4-22(30)29(21)10-9-28-7-5-17(6-8-28)25-13-16-11-19(24)23(32-2)27-14-16;1-22-13-10-15-14(18-11-13)2-3-16(21)20(15)9-8-19-6-4-12(17)5-7-19/h3-4,11-12,14-15,17,25H,5-10,13H2,1-2H3;2-3,10-12H,4-9,17H2,1H3. The van der Waals surface area contributed by atoms with Gasteiger partial charge in [0, 0.05) is 75.3 Å². The molecule has 0 radical (unpaired) electrons. The van der Waals surface area contributed by atoms with Crippen molar-refractivity contribution in [2.75, 3.05) is 60.6 Å². The Morgan fingerprint density at radius 2 is 1.22 bits per heavy atom. The second-order valence-corrected chi connectivity index (χ2v) is 13.7. The van der Waals surface area contributed by atoms with E-state index >= 15 is 0 Å². The fourth-order valence-electron chi connectivity index (χ4n) is 6.98. The zero-order chi connectivity index (χ0) is 38.0. The van der Waals surface area contributed by atoms with Gasteiger partial charge in [-0.15, -0.1) is 0 Å². The van der Waals surface area contributed by atoms with Crippen molar-refractivity contribution in [2.45, 2.75) is 57.4 Å². The van der Waals surface area contributed by atoms with Gasteiger partial charge >= 0.3 is 0 Å². The minimum atomic E-state index is -0.446. The highest BCUT2D eigenvalue weighted by Gasteiger charge is 2.20. The molecule has 5 aromatic heterocycles. The quantitative estimate of drug-likeness (QED) is 0.193. The van der Waals surface area contributed by atoms with Crippen LogP contribution in [0.2, 0.25) is 0 Å². The fourth-order valence-corrected chi connectivity index (χ4v) is 6.98. The van der Waals surface area contributed by atoms with E-state index < -0.39 is 5.82 Å². The van der Waals surface area contributed by atoms with E-state index in [-0.39, 0.29) is 17.0 Å². The molecule has 2 saturated heterocycles. The summed E-state index contributed by atoms with van der Waals surface area (Å²) in [6, 6.07) is 12.5. The molecule has 2 fully saturated rings. The van der Waals surface area contributed by atoms with Crippen LogP contribution in [-0.2, 0) is 19.6 Å². The maximum Gasteiger partial charge on any atom is 0.251 e. The second-order valence-electron chi connectivity index (χ2n) is 13.7. The normalized spacial score (nSPS) is 15.9. The number of hydrogen-bond donors (Lipinski definition) is 2. The van der Waals surface area contributed by atoms with Crippen LogP contribution < -0.4 is 36.4 Å². The Morgan fingerprint density at radius 3 is 1.70 bits per heavy atom. The number of likely N-dealkylation sites (tertiary alicyclic amines) is 2. The van der Waals surface area contributed by atoms with E-state index in [1.54, 1.807) is 66.2 Å². The first-order chi connectivity index (χ1) is 26.2. The van der Waals surface area contributed by atoms with Crippen LogP contribution in [0.1, 0.15) is 31.2 Å². The third kappa shape index (κ3) is 9.77. The highest BCUT2D eigenvalue weighted by molar-refractivity contribution is 5.76. The van der Waals surface area contributed by atoms with Crippen LogP contribution in [-0.4, -0.2) is 107 Å². The van der Waals surface area contributed by atoms with E-state index in [0.29, 0.717) is 43.2 Å². The monoisotopic (exact) mass is 743 g/mol. The van der Waals surface area contributed by atoms with Crippen LogP contribution in [0.25, 0.3) is 22.1 Å². The van der Waals surface area contributed by atoms with E-state index in [0.717, 1.165) is 92.6 Å². The Morgan fingerprint density at radius 1 is 0.704 bits per heavy atom. The Bertz CT molecular complexity index is 2130. The molecule has 2 aliphatic rings. The van der Waals surface area contributed by atoms with E-state index in [4.69, 9.17) is 19.9 Å². The summed E-state index contributed by atoms with van der Waals surface area (Å²) in [4.78, 5) is 42.1. The summed E-state index contributed by atoms with van der Waals surface area (Å²) in [5.74, 6) is 0.867. The summed E-state index contributed by atoms with van der Waals surface area (Å²) >= 11 is 0. The summed E-state index contributed by atoms with van der Waals surface area (Å²) in [6.07, 6.45) is 9.00. The number of piperidine rings is 2. The molecule has 0 aromatic carbocycles. The molecule has 288 valence electrons. The van der Waals surface area contributed by atoms with E-state index in [9.17, 15) is 14.0 Å². The van der Waals surface area contributed by atoms with Crippen molar-refractivity contribution in [1.29, 1.82) is 0 Å². The fraction of sp³-hybridized carbons (Fsp3) is 0.462. The third-order valence-corrected chi connectivity index (χ3v) is 10.2. The second kappa shape index (κ2) is 18.4. The lowest BCUT2D eigenvalue weighted by molar-refractivity contribution is 0.191. The van der Waals surface area contributed by atoms with Crippen molar-refractivity contribution < 1.29 is 18.6 Å². The lowest BCUT2D eigenvalue weighted by Crippen LogP contribution is -2.43. The number of ether oxygens (including phenoxy) is 3. The lowest BCUT2D eigenvalue weighted by Gasteiger charge is -2.32. The van der Waals surface area contributed by atoms with E-state index in [1.165, 1.54) is 13.2 Å². The molecule has 7 rings (SSSR count). The first-order valence-electron chi connectivity index (χ1n) is 18.4. The predicted octanol–water partition coefficient (Wildman–Crippen LogP) is 3.03. The van der Waals surface area contributed by atoms with E-state index in [1.807, 2.05) is 12.1 Å². The Hall–Kier alpha value is -4.96. The number of aromatic nitrogens is 5. The molecule has 0 amide bonds. The molecule has 7 heterocycles. The molecular formula is C39H50FN9O5. The summed E-state index contributed by atoms with van der Waals surface area (Å²) in [5, 5.41) is 3.49. The molecule has 15 heteroatoms. The van der Waals surface area contributed by atoms with Crippen LogP contribution in [0.3, 0.4) is 0 Å². The molecule has 5 aromatic rings. The van der Waals surface area contributed by atoms with Crippen molar-refractivity contribution in [1.82, 2.24) is 39.2 Å². The highest BCUT2D eigenvalue weighted by Crippen LogP contribution is 2.19. The van der Waals surface area contributed by atoms with Gasteiger partial charge in [0.05, 0.1) is 55.8 Å². The molecule has 2 aliphatic heterocycles. The molecule has 14 nitrogen and oxygen atoms in total. The van der Waals surface area contributed by atoms with Crippen LogP contribution in [0, 0.1) is 5.82 Å². The Labute approximate surface area is 313 Å². The topological polar surface area (TPSA) is 155 Å². The number of nitrogens with zero attached hydrogens (tertiary/aromatic N) is 7. The van der Waals surface area contributed by atoms with Gasteiger partial charge in [-0.2, -0.15) is 0 Å². The Balaban J connectivity index is 0.000000197. The van der Waals surface area contributed by atoms with Gasteiger partial charge < -0.3 is 44.2 Å². The number of pyridine rings is 5. The van der Waals surface area contributed by atoms with Crippen LogP contribution in [0.15, 0.2) is 70.6 Å².